The molecule has 4 rings (SSSR count). The molecule has 0 radical (unpaired) electrons. The number of likely N-dealkylation sites (tertiary alicyclic amines) is 1. The van der Waals surface area contributed by atoms with Crippen LogP contribution in [-0.2, 0) is 17.7 Å². The van der Waals surface area contributed by atoms with E-state index in [-0.39, 0.29) is 5.56 Å². The van der Waals surface area contributed by atoms with E-state index in [1.807, 2.05) is 18.2 Å². The number of methoxy groups -OCH3 is 1. The average Bonchev–Trinajstić information content (AvgIpc) is 3.24. The van der Waals surface area contributed by atoms with Gasteiger partial charge in [0, 0.05) is 56.8 Å². The molecule has 0 N–H and O–H groups in total. The highest BCUT2D eigenvalue weighted by atomic mass is 16.5. The van der Waals surface area contributed by atoms with Crippen molar-refractivity contribution >= 4 is 12.0 Å². The van der Waals surface area contributed by atoms with E-state index in [4.69, 9.17) is 13.9 Å². The lowest BCUT2D eigenvalue weighted by Crippen LogP contribution is -2.35. The van der Waals surface area contributed by atoms with E-state index in [1.54, 1.807) is 10.8 Å². The van der Waals surface area contributed by atoms with Gasteiger partial charge >= 0.3 is 5.97 Å². The lowest BCUT2D eigenvalue weighted by molar-refractivity contribution is 0.0590. The number of pyridine rings is 1. The summed E-state index contributed by atoms with van der Waals surface area (Å²) in [6, 6.07) is 5.22. The normalized spacial score (nSPS) is 19.9. The van der Waals surface area contributed by atoms with Gasteiger partial charge in [0.05, 0.1) is 20.0 Å². The number of rotatable bonds is 7. The Kier molecular flexibility index (Phi) is 7.67. The molecule has 2 aromatic heterocycles. The Morgan fingerprint density at radius 3 is 2.91 bits per heavy atom. The number of furan rings is 1. The van der Waals surface area contributed by atoms with E-state index >= 15 is 0 Å². The standard InChI is InChI=1S/C25H33N3O5/c1-26-10-3-6-19(17-26)18-33-22-16-23(29)28-14-13-27(11-4-7-20-8-5-15-32-20)12-9-21(28)24(22)25(30)31-2/h4-5,7-8,15-16,19H,3,6,9-14,17-18H2,1-2H3/b7-4+. The first-order valence-electron chi connectivity index (χ1n) is 11.6. The quantitative estimate of drug-likeness (QED) is 0.594. The number of hydrogen-bond donors (Lipinski definition) is 0. The molecule has 0 saturated carbocycles. The number of aromatic nitrogens is 1. The van der Waals surface area contributed by atoms with Gasteiger partial charge in [-0.15, -0.1) is 0 Å². The van der Waals surface area contributed by atoms with Crippen molar-refractivity contribution in [3.63, 3.8) is 0 Å². The Labute approximate surface area is 194 Å². The Morgan fingerprint density at radius 1 is 1.27 bits per heavy atom. The van der Waals surface area contributed by atoms with Crippen molar-refractivity contribution in [1.29, 1.82) is 0 Å². The lowest BCUT2D eigenvalue weighted by Gasteiger charge is -2.29. The van der Waals surface area contributed by atoms with E-state index < -0.39 is 5.97 Å². The highest BCUT2D eigenvalue weighted by molar-refractivity contribution is 5.93. The van der Waals surface area contributed by atoms with Gasteiger partial charge in [-0.3, -0.25) is 9.69 Å². The summed E-state index contributed by atoms with van der Waals surface area (Å²) in [6.45, 7) is 5.22. The molecule has 0 aliphatic carbocycles. The van der Waals surface area contributed by atoms with Crippen molar-refractivity contribution in [2.75, 3.05) is 53.5 Å². The predicted octanol–water partition coefficient (Wildman–Crippen LogP) is 2.52. The predicted molar refractivity (Wildman–Crippen MR) is 126 cm³/mol. The molecule has 0 aromatic carbocycles. The maximum Gasteiger partial charge on any atom is 0.343 e. The number of esters is 1. The number of carbonyl (C=O) groups excluding carboxylic acids is 1. The SMILES string of the molecule is COC(=O)c1c(OCC2CCCN(C)C2)cc(=O)n2c1CCN(C/C=C/c1ccco1)CC2. The van der Waals surface area contributed by atoms with E-state index in [9.17, 15) is 9.59 Å². The van der Waals surface area contributed by atoms with Gasteiger partial charge in [0.2, 0.25) is 0 Å². The molecular formula is C25H33N3O5. The fourth-order valence-corrected chi connectivity index (χ4v) is 4.73. The average molecular weight is 456 g/mol. The number of fused-ring (bicyclic) bond motifs is 1. The summed E-state index contributed by atoms with van der Waals surface area (Å²) in [5.74, 6) is 1.08. The van der Waals surface area contributed by atoms with Gasteiger partial charge < -0.3 is 23.4 Å². The monoisotopic (exact) mass is 455 g/mol. The van der Waals surface area contributed by atoms with Crippen molar-refractivity contribution in [2.45, 2.75) is 25.8 Å². The van der Waals surface area contributed by atoms with E-state index in [2.05, 4.69) is 22.9 Å². The highest BCUT2D eigenvalue weighted by Crippen LogP contribution is 2.25. The van der Waals surface area contributed by atoms with Crippen LogP contribution < -0.4 is 10.3 Å². The summed E-state index contributed by atoms with van der Waals surface area (Å²) in [5.41, 5.74) is 0.943. The molecule has 1 fully saturated rings. The van der Waals surface area contributed by atoms with Crippen LogP contribution >= 0.6 is 0 Å². The number of ether oxygens (including phenoxy) is 2. The molecule has 4 heterocycles. The third-order valence-corrected chi connectivity index (χ3v) is 6.46. The van der Waals surface area contributed by atoms with Gasteiger partial charge in [0.25, 0.3) is 5.56 Å². The van der Waals surface area contributed by atoms with E-state index in [0.717, 1.165) is 44.8 Å². The molecule has 8 heteroatoms. The summed E-state index contributed by atoms with van der Waals surface area (Å²) in [5, 5.41) is 0. The third kappa shape index (κ3) is 5.75. The van der Waals surface area contributed by atoms with Gasteiger partial charge in [-0.05, 0) is 44.6 Å². The van der Waals surface area contributed by atoms with Gasteiger partial charge in [0.1, 0.15) is 17.1 Å². The Morgan fingerprint density at radius 2 is 2.15 bits per heavy atom. The lowest BCUT2D eigenvalue weighted by atomic mass is 9.99. The molecule has 2 aliphatic heterocycles. The molecule has 0 amide bonds. The number of piperidine rings is 1. The van der Waals surface area contributed by atoms with Crippen LogP contribution in [-0.4, -0.2) is 73.8 Å². The van der Waals surface area contributed by atoms with Crippen LogP contribution in [0.2, 0.25) is 0 Å². The zero-order valence-corrected chi connectivity index (χ0v) is 19.5. The van der Waals surface area contributed by atoms with Crippen LogP contribution in [0.15, 0.2) is 39.7 Å². The van der Waals surface area contributed by atoms with Crippen LogP contribution in [0, 0.1) is 5.92 Å². The van der Waals surface area contributed by atoms with Crippen molar-refractivity contribution in [3.8, 4) is 5.75 Å². The summed E-state index contributed by atoms with van der Waals surface area (Å²) >= 11 is 0. The van der Waals surface area contributed by atoms with Crippen molar-refractivity contribution in [3.05, 3.63) is 57.9 Å². The zero-order valence-electron chi connectivity index (χ0n) is 19.5. The molecule has 33 heavy (non-hydrogen) atoms. The minimum Gasteiger partial charge on any atom is -0.492 e. The second-order valence-corrected chi connectivity index (χ2v) is 8.86. The Hall–Kier alpha value is -2.84. The van der Waals surface area contributed by atoms with Gasteiger partial charge in [-0.25, -0.2) is 4.79 Å². The first-order chi connectivity index (χ1) is 16.0. The minimum atomic E-state index is -0.458. The maximum atomic E-state index is 13.0. The fourth-order valence-electron chi connectivity index (χ4n) is 4.73. The molecule has 0 spiro atoms. The maximum absolute atomic E-state index is 13.0. The van der Waals surface area contributed by atoms with Gasteiger partial charge in [-0.2, -0.15) is 0 Å². The molecule has 178 valence electrons. The Balaban J connectivity index is 1.51. The molecule has 0 bridgehead atoms. The van der Waals surface area contributed by atoms with Crippen molar-refractivity contribution < 1.29 is 18.7 Å². The number of carbonyl (C=O) groups is 1. The molecule has 8 nitrogen and oxygen atoms in total. The molecule has 1 saturated heterocycles. The van der Waals surface area contributed by atoms with E-state index in [1.165, 1.54) is 13.2 Å². The van der Waals surface area contributed by atoms with Crippen LogP contribution in [0.3, 0.4) is 0 Å². The molecule has 1 unspecified atom stereocenters. The third-order valence-electron chi connectivity index (χ3n) is 6.46. The topological polar surface area (TPSA) is 77.2 Å². The van der Waals surface area contributed by atoms with E-state index in [0.29, 0.717) is 49.0 Å². The van der Waals surface area contributed by atoms with Crippen LogP contribution in [0.4, 0.5) is 0 Å². The van der Waals surface area contributed by atoms with Gasteiger partial charge in [0.15, 0.2) is 0 Å². The zero-order chi connectivity index (χ0) is 23.2. The van der Waals surface area contributed by atoms with Gasteiger partial charge in [-0.1, -0.05) is 6.08 Å². The van der Waals surface area contributed by atoms with Crippen LogP contribution in [0.5, 0.6) is 5.75 Å². The van der Waals surface area contributed by atoms with Crippen molar-refractivity contribution in [1.82, 2.24) is 14.4 Å². The molecular weight excluding hydrogens is 422 g/mol. The van der Waals surface area contributed by atoms with Crippen LogP contribution in [0.1, 0.15) is 34.7 Å². The number of nitrogens with zero attached hydrogens (tertiary/aromatic N) is 3. The summed E-state index contributed by atoms with van der Waals surface area (Å²) in [4.78, 5) is 30.3. The first-order valence-corrected chi connectivity index (χ1v) is 11.6. The Bertz CT molecular complexity index is 1030. The summed E-state index contributed by atoms with van der Waals surface area (Å²) in [7, 11) is 3.48. The van der Waals surface area contributed by atoms with Crippen LogP contribution in [0.25, 0.3) is 6.08 Å². The second kappa shape index (κ2) is 10.9. The smallest absolute Gasteiger partial charge is 0.343 e. The molecule has 2 aromatic rings. The highest BCUT2D eigenvalue weighted by Gasteiger charge is 2.27. The first kappa shape index (κ1) is 23.3. The minimum absolute atomic E-state index is 0.138. The van der Waals surface area contributed by atoms with Crippen molar-refractivity contribution in [2.24, 2.45) is 5.92 Å². The summed E-state index contributed by atoms with van der Waals surface area (Å²) in [6.07, 6.45) is 8.42. The largest absolute Gasteiger partial charge is 0.492 e. The second-order valence-electron chi connectivity index (χ2n) is 8.86. The fraction of sp³-hybridized carbons (Fsp3) is 0.520. The molecule has 2 aliphatic rings. The molecule has 1 atom stereocenters. The number of hydrogen-bond acceptors (Lipinski definition) is 7. The summed E-state index contributed by atoms with van der Waals surface area (Å²) < 4.78 is 18.2.